The molecule has 0 radical (unpaired) electrons. The highest BCUT2D eigenvalue weighted by atomic mass is 35.5. The molecule has 0 N–H and O–H groups in total. The Morgan fingerprint density at radius 1 is 1.30 bits per heavy atom. The Labute approximate surface area is 144 Å². The lowest BCUT2D eigenvalue weighted by molar-refractivity contribution is -0.131. The van der Waals surface area contributed by atoms with Crippen LogP contribution in [0.4, 0.5) is 0 Å². The molecule has 23 heavy (non-hydrogen) atoms. The monoisotopic (exact) mass is 353 g/mol. The van der Waals surface area contributed by atoms with E-state index in [1.54, 1.807) is 11.9 Å². The van der Waals surface area contributed by atoms with Gasteiger partial charge in [0, 0.05) is 13.6 Å². The fourth-order valence-corrected chi connectivity index (χ4v) is 2.44. The Morgan fingerprint density at radius 3 is 2.65 bits per heavy atom. The number of hydrogen-bond acceptors (Lipinski definition) is 3. The predicted molar refractivity (Wildman–Crippen MR) is 90.9 cm³/mol. The first-order valence-corrected chi connectivity index (χ1v) is 7.76. The zero-order chi connectivity index (χ0) is 17.1. The molecule has 2 rings (SSSR count). The molecule has 0 aliphatic heterocycles. The molecule has 0 aliphatic carbocycles. The first-order chi connectivity index (χ1) is 10.8. The minimum Gasteiger partial charge on any atom is -0.340 e. The van der Waals surface area contributed by atoms with E-state index in [1.165, 1.54) is 11.8 Å². The number of amides is 1. The summed E-state index contributed by atoms with van der Waals surface area (Å²) in [7, 11) is 1.68. The normalized spacial score (nSPS) is 10.7. The minimum atomic E-state index is -0.576. The average molecular weight is 354 g/mol. The number of carbonyl (C=O) groups is 1. The molecule has 0 saturated heterocycles. The van der Waals surface area contributed by atoms with E-state index in [9.17, 15) is 9.59 Å². The van der Waals surface area contributed by atoms with Crippen LogP contribution in [-0.4, -0.2) is 27.6 Å². The molecule has 1 aromatic heterocycles. The fourth-order valence-electron chi connectivity index (χ4n) is 2.17. The van der Waals surface area contributed by atoms with Gasteiger partial charge in [-0.25, -0.2) is 4.68 Å². The SMILES string of the molecule is Cc1ccc(CN(C)C(=O)Cn2ncc(Cl)c(Cl)c2=O)c(C)c1. The maximum absolute atomic E-state index is 12.3. The van der Waals surface area contributed by atoms with E-state index in [1.807, 2.05) is 26.0 Å². The summed E-state index contributed by atoms with van der Waals surface area (Å²) in [5.41, 5.74) is 2.77. The summed E-state index contributed by atoms with van der Waals surface area (Å²) in [6.07, 6.45) is 1.25. The third-order valence-electron chi connectivity index (χ3n) is 3.56. The zero-order valence-electron chi connectivity index (χ0n) is 13.1. The molecule has 0 fully saturated rings. The van der Waals surface area contributed by atoms with Gasteiger partial charge in [0.2, 0.25) is 5.91 Å². The zero-order valence-corrected chi connectivity index (χ0v) is 14.6. The second-order valence-corrected chi connectivity index (χ2v) is 6.23. The molecule has 0 bridgehead atoms. The number of carbonyl (C=O) groups excluding carboxylic acids is 1. The third-order valence-corrected chi connectivity index (χ3v) is 4.31. The molecule has 1 heterocycles. The Kier molecular flexibility index (Phi) is 5.44. The van der Waals surface area contributed by atoms with Crippen LogP contribution in [0.15, 0.2) is 29.2 Å². The molecule has 122 valence electrons. The molecule has 0 spiro atoms. The third kappa shape index (κ3) is 4.12. The van der Waals surface area contributed by atoms with Crippen molar-refractivity contribution in [2.24, 2.45) is 0 Å². The summed E-state index contributed by atoms with van der Waals surface area (Å²) in [5, 5.41) is 3.78. The van der Waals surface area contributed by atoms with Gasteiger partial charge in [-0.2, -0.15) is 5.10 Å². The van der Waals surface area contributed by atoms with Crippen molar-refractivity contribution < 1.29 is 4.79 Å². The lowest BCUT2D eigenvalue weighted by Gasteiger charge is -2.19. The second-order valence-electron chi connectivity index (χ2n) is 5.45. The number of rotatable bonds is 4. The van der Waals surface area contributed by atoms with E-state index in [-0.39, 0.29) is 22.5 Å². The highest BCUT2D eigenvalue weighted by Gasteiger charge is 2.15. The summed E-state index contributed by atoms with van der Waals surface area (Å²) in [5.74, 6) is -0.238. The van der Waals surface area contributed by atoms with Gasteiger partial charge >= 0.3 is 0 Å². The van der Waals surface area contributed by atoms with Crippen molar-refractivity contribution in [3.8, 4) is 0 Å². The number of hydrogen-bond donors (Lipinski definition) is 0. The van der Waals surface area contributed by atoms with E-state index in [0.717, 1.165) is 15.8 Å². The number of benzene rings is 1. The van der Waals surface area contributed by atoms with Gasteiger partial charge in [0.15, 0.2) is 0 Å². The molecule has 0 saturated carbocycles. The lowest BCUT2D eigenvalue weighted by Crippen LogP contribution is -2.35. The standard InChI is InChI=1S/C16H17Cl2N3O2/c1-10-4-5-12(11(2)6-10)8-20(3)14(22)9-21-16(23)15(18)13(17)7-19-21/h4-7H,8-9H2,1-3H3. The van der Waals surface area contributed by atoms with E-state index < -0.39 is 5.56 Å². The fraction of sp³-hybridized carbons (Fsp3) is 0.312. The van der Waals surface area contributed by atoms with Crippen molar-refractivity contribution >= 4 is 29.1 Å². The largest absolute Gasteiger partial charge is 0.340 e. The number of aromatic nitrogens is 2. The Hall–Kier alpha value is -1.85. The summed E-state index contributed by atoms with van der Waals surface area (Å²) in [4.78, 5) is 25.8. The molecule has 2 aromatic rings. The van der Waals surface area contributed by atoms with Crippen LogP contribution < -0.4 is 5.56 Å². The van der Waals surface area contributed by atoms with Crippen molar-refractivity contribution in [3.05, 3.63) is 61.5 Å². The van der Waals surface area contributed by atoms with E-state index in [0.29, 0.717) is 6.54 Å². The maximum Gasteiger partial charge on any atom is 0.287 e. The maximum atomic E-state index is 12.3. The lowest BCUT2D eigenvalue weighted by atomic mass is 10.1. The molecule has 0 aliphatic rings. The summed E-state index contributed by atoms with van der Waals surface area (Å²) >= 11 is 11.5. The van der Waals surface area contributed by atoms with Crippen LogP contribution in [-0.2, 0) is 17.9 Å². The number of aryl methyl sites for hydroxylation is 2. The van der Waals surface area contributed by atoms with Crippen molar-refractivity contribution in [3.63, 3.8) is 0 Å². The molecule has 1 aromatic carbocycles. The van der Waals surface area contributed by atoms with Gasteiger partial charge in [-0.1, -0.05) is 47.0 Å². The molecule has 7 heteroatoms. The average Bonchev–Trinajstić information content (AvgIpc) is 2.50. The molecule has 0 unspecified atom stereocenters. The topological polar surface area (TPSA) is 55.2 Å². The minimum absolute atomic E-state index is 0.0731. The smallest absolute Gasteiger partial charge is 0.287 e. The van der Waals surface area contributed by atoms with Gasteiger partial charge in [0.1, 0.15) is 11.6 Å². The van der Waals surface area contributed by atoms with Gasteiger partial charge in [0.25, 0.3) is 5.56 Å². The van der Waals surface area contributed by atoms with E-state index in [2.05, 4.69) is 11.2 Å². The molecule has 1 amide bonds. The number of halogens is 2. The van der Waals surface area contributed by atoms with Crippen molar-refractivity contribution in [1.29, 1.82) is 0 Å². The second kappa shape index (κ2) is 7.15. The van der Waals surface area contributed by atoms with Crippen molar-refractivity contribution in [2.45, 2.75) is 26.9 Å². The van der Waals surface area contributed by atoms with E-state index >= 15 is 0 Å². The first kappa shape index (κ1) is 17.5. The van der Waals surface area contributed by atoms with Gasteiger partial charge < -0.3 is 4.90 Å². The van der Waals surface area contributed by atoms with Crippen LogP contribution in [0.5, 0.6) is 0 Å². The predicted octanol–water partition coefficient (Wildman–Crippen LogP) is 2.83. The van der Waals surface area contributed by atoms with Crippen LogP contribution in [0, 0.1) is 13.8 Å². The van der Waals surface area contributed by atoms with Crippen molar-refractivity contribution in [2.75, 3.05) is 7.05 Å². The highest BCUT2D eigenvalue weighted by molar-refractivity contribution is 6.41. The molecule has 5 nitrogen and oxygen atoms in total. The van der Waals surface area contributed by atoms with Crippen LogP contribution in [0.25, 0.3) is 0 Å². The van der Waals surface area contributed by atoms with Gasteiger partial charge in [-0.3, -0.25) is 9.59 Å². The molecular weight excluding hydrogens is 337 g/mol. The van der Waals surface area contributed by atoms with E-state index in [4.69, 9.17) is 23.2 Å². The molecular formula is C16H17Cl2N3O2. The Bertz CT molecular complexity index is 802. The summed E-state index contributed by atoms with van der Waals surface area (Å²) < 4.78 is 1.01. The van der Waals surface area contributed by atoms with Crippen LogP contribution >= 0.6 is 23.2 Å². The Balaban J connectivity index is 2.11. The van der Waals surface area contributed by atoms with Gasteiger partial charge in [0.05, 0.1) is 11.2 Å². The van der Waals surface area contributed by atoms with Crippen molar-refractivity contribution in [1.82, 2.24) is 14.7 Å². The van der Waals surface area contributed by atoms with Gasteiger partial charge in [-0.05, 0) is 25.0 Å². The van der Waals surface area contributed by atoms with Gasteiger partial charge in [-0.15, -0.1) is 0 Å². The van der Waals surface area contributed by atoms with Crippen LogP contribution in [0.3, 0.4) is 0 Å². The van der Waals surface area contributed by atoms with Crippen LogP contribution in [0.1, 0.15) is 16.7 Å². The molecule has 0 atom stereocenters. The summed E-state index contributed by atoms with van der Waals surface area (Å²) in [6.45, 7) is 4.30. The number of nitrogens with zero attached hydrogens (tertiary/aromatic N) is 3. The summed E-state index contributed by atoms with van der Waals surface area (Å²) in [6, 6.07) is 6.07. The number of likely N-dealkylation sites (N-methyl/N-ethyl adjacent to an activating group) is 1. The quantitative estimate of drug-likeness (QED) is 0.849. The highest BCUT2D eigenvalue weighted by Crippen LogP contribution is 2.15. The first-order valence-electron chi connectivity index (χ1n) is 7.01. The Morgan fingerprint density at radius 2 is 2.00 bits per heavy atom. The van der Waals surface area contributed by atoms with Crippen LogP contribution in [0.2, 0.25) is 10.0 Å².